The molecular formula is C24H22N6O6. The molecule has 4 rings (SSSR count). The van der Waals surface area contributed by atoms with Gasteiger partial charge in [-0.15, -0.1) is 0 Å². The second-order valence-corrected chi connectivity index (χ2v) is 7.40. The summed E-state index contributed by atoms with van der Waals surface area (Å²) in [7, 11) is 0. The van der Waals surface area contributed by atoms with Gasteiger partial charge in [-0.25, -0.2) is 9.59 Å². The van der Waals surface area contributed by atoms with E-state index in [1.54, 1.807) is 49.4 Å². The van der Waals surface area contributed by atoms with E-state index in [9.17, 15) is 14.4 Å². The van der Waals surface area contributed by atoms with Gasteiger partial charge in [0.1, 0.15) is 17.9 Å². The first-order valence-corrected chi connectivity index (χ1v) is 10.9. The maximum absolute atomic E-state index is 12.5. The van der Waals surface area contributed by atoms with Crippen LogP contribution in [0.1, 0.15) is 12.5 Å². The number of urea groups is 1. The van der Waals surface area contributed by atoms with Crippen LogP contribution in [-0.2, 0) is 9.53 Å². The third-order valence-electron chi connectivity index (χ3n) is 4.63. The fraction of sp³-hybridized carbons (Fsp3) is 0.167. The van der Waals surface area contributed by atoms with Crippen molar-refractivity contribution in [2.45, 2.75) is 13.8 Å². The van der Waals surface area contributed by atoms with Gasteiger partial charge in [0.05, 0.1) is 18.1 Å². The molecule has 0 saturated carbocycles. The number of amides is 2. The number of benzene rings is 2. The number of hydrogen-bond donors (Lipinski definition) is 3. The van der Waals surface area contributed by atoms with Gasteiger partial charge in [0, 0.05) is 5.69 Å². The van der Waals surface area contributed by atoms with Crippen molar-refractivity contribution < 1.29 is 23.5 Å². The van der Waals surface area contributed by atoms with Gasteiger partial charge in [-0.2, -0.15) is 15.0 Å². The van der Waals surface area contributed by atoms with E-state index in [1.165, 1.54) is 0 Å². The Morgan fingerprint density at radius 2 is 1.78 bits per heavy atom. The second-order valence-electron chi connectivity index (χ2n) is 7.40. The molecule has 2 aromatic heterocycles. The molecule has 4 aromatic rings. The number of aryl methyl sites for hydroxylation is 1. The first-order valence-electron chi connectivity index (χ1n) is 10.9. The average molecular weight is 490 g/mol. The van der Waals surface area contributed by atoms with Crippen LogP contribution in [0, 0.1) is 6.92 Å². The highest BCUT2D eigenvalue weighted by Gasteiger charge is 2.15. The number of aromatic nitrogens is 3. The number of ether oxygens (including phenoxy) is 2. The van der Waals surface area contributed by atoms with Gasteiger partial charge >= 0.3 is 23.6 Å². The largest absolute Gasteiger partial charge is 0.465 e. The predicted octanol–water partition coefficient (Wildman–Crippen LogP) is 3.70. The molecule has 3 N–H and O–H groups in total. The molecule has 184 valence electrons. The minimum absolute atomic E-state index is 0.0637. The highest BCUT2D eigenvalue weighted by molar-refractivity contribution is 5.98. The first kappa shape index (κ1) is 24.1. The molecule has 0 aliphatic carbocycles. The molecule has 36 heavy (non-hydrogen) atoms. The lowest BCUT2D eigenvalue weighted by Crippen LogP contribution is -2.22. The molecule has 12 nitrogen and oxygen atoms in total. The molecule has 0 aliphatic heterocycles. The number of esters is 1. The Balaban J connectivity index is 1.61. The molecule has 0 radical (unpaired) electrons. The molecule has 0 aliphatic rings. The smallest absolute Gasteiger partial charge is 0.339 e. The molecule has 12 heteroatoms. The topological polar surface area (TPSA) is 158 Å². The first-order chi connectivity index (χ1) is 17.4. The van der Waals surface area contributed by atoms with Crippen molar-refractivity contribution in [3.63, 3.8) is 0 Å². The number of nitrogens with zero attached hydrogens (tertiary/aromatic N) is 3. The maximum Gasteiger partial charge on any atom is 0.339 e. The van der Waals surface area contributed by atoms with E-state index in [4.69, 9.17) is 13.9 Å². The van der Waals surface area contributed by atoms with Crippen LogP contribution >= 0.6 is 0 Å². The Morgan fingerprint density at radius 1 is 0.972 bits per heavy atom. The lowest BCUT2D eigenvalue weighted by atomic mass is 10.2. The summed E-state index contributed by atoms with van der Waals surface area (Å²) in [6, 6.07) is 14.3. The lowest BCUT2D eigenvalue weighted by Gasteiger charge is -2.11. The van der Waals surface area contributed by atoms with Crippen molar-refractivity contribution in [1.82, 2.24) is 15.0 Å². The molecule has 2 amide bonds. The maximum atomic E-state index is 12.5. The van der Waals surface area contributed by atoms with E-state index in [-0.39, 0.29) is 36.8 Å². The Kier molecular flexibility index (Phi) is 7.34. The summed E-state index contributed by atoms with van der Waals surface area (Å²) in [5.41, 5.74) is 1.22. The van der Waals surface area contributed by atoms with Crippen LogP contribution < -0.4 is 26.3 Å². The van der Waals surface area contributed by atoms with E-state index in [2.05, 4.69) is 30.9 Å². The van der Waals surface area contributed by atoms with Gasteiger partial charge in [-0.05, 0) is 43.7 Å². The van der Waals surface area contributed by atoms with Crippen LogP contribution in [0.3, 0.4) is 0 Å². The van der Waals surface area contributed by atoms with Crippen LogP contribution in [0.15, 0.2) is 63.8 Å². The van der Waals surface area contributed by atoms with E-state index in [1.807, 2.05) is 13.0 Å². The number of rotatable bonds is 8. The number of fused-ring (bicyclic) bond motifs is 1. The molecule has 2 aromatic carbocycles. The predicted molar refractivity (Wildman–Crippen MR) is 131 cm³/mol. The fourth-order valence-electron chi connectivity index (χ4n) is 3.15. The fourth-order valence-corrected chi connectivity index (χ4v) is 3.15. The minimum Gasteiger partial charge on any atom is -0.465 e. The summed E-state index contributed by atoms with van der Waals surface area (Å²) in [6.07, 6.45) is 0. The Hall–Kier alpha value is -5.00. The number of para-hydroxylation sites is 1. The standard InChI is InChI=1S/C24H22N6O6/c1-3-34-20(32)13-25-21-27-22(28-23(33)26-15-8-6-7-14(2)11-15)30-24(29-21)36-18-12-19(31)35-17-10-5-4-9-16(17)18/h4-12H,3,13H2,1-2H3,(H3,25,26,27,28,29,30,33). The SMILES string of the molecule is CCOC(=O)CNc1nc(NC(=O)Nc2cccc(C)c2)nc(Oc2cc(=O)oc3ccccc23)n1. The Morgan fingerprint density at radius 3 is 2.58 bits per heavy atom. The number of carbonyl (C=O) groups is 2. The summed E-state index contributed by atoms with van der Waals surface area (Å²) in [5, 5.41) is 8.40. The van der Waals surface area contributed by atoms with E-state index in [0.29, 0.717) is 16.7 Å². The Labute approximate surface area is 204 Å². The zero-order valence-corrected chi connectivity index (χ0v) is 19.4. The summed E-state index contributed by atoms with van der Waals surface area (Å²) in [6.45, 7) is 3.56. The van der Waals surface area contributed by atoms with Crippen molar-refractivity contribution in [2.24, 2.45) is 0 Å². The summed E-state index contributed by atoms with van der Waals surface area (Å²) in [4.78, 5) is 48.6. The minimum atomic E-state index is -0.630. The van der Waals surface area contributed by atoms with Gasteiger partial charge in [0.25, 0.3) is 0 Å². The van der Waals surface area contributed by atoms with Crippen LogP contribution in [0.4, 0.5) is 22.4 Å². The van der Waals surface area contributed by atoms with E-state index >= 15 is 0 Å². The van der Waals surface area contributed by atoms with E-state index < -0.39 is 17.6 Å². The van der Waals surface area contributed by atoms with Crippen LogP contribution in [0.2, 0.25) is 0 Å². The van der Waals surface area contributed by atoms with Gasteiger partial charge in [-0.3, -0.25) is 10.1 Å². The molecule has 0 fully saturated rings. The summed E-state index contributed by atoms with van der Waals surface area (Å²) >= 11 is 0. The molecule has 2 heterocycles. The monoisotopic (exact) mass is 490 g/mol. The summed E-state index contributed by atoms with van der Waals surface area (Å²) < 4.78 is 15.8. The third kappa shape index (κ3) is 6.32. The zero-order chi connectivity index (χ0) is 25.5. The van der Waals surface area contributed by atoms with Crippen molar-refractivity contribution in [1.29, 1.82) is 0 Å². The van der Waals surface area contributed by atoms with Gasteiger partial charge in [-0.1, -0.05) is 24.3 Å². The molecule has 0 spiro atoms. The van der Waals surface area contributed by atoms with Gasteiger partial charge in [0.15, 0.2) is 0 Å². The third-order valence-corrected chi connectivity index (χ3v) is 4.63. The quantitative estimate of drug-likeness (QED) is 0.246. The van der Waals surface area contributed by atoms with Gasteiger partial charge < -0.3 is 24.5 Å². The van der Waals surface area contributed by atoms with Crippen LogP contribution in [-0.4, -0.2) is 40.1 Å². The zero-order valence-electron chi connectivity index (χ0n) is 19.4. The van der Waals surface area contributed by atoms with Crippen molar-refractivity contribution in [2.75, 3.05) is 29.1 Å². The van der Waals surface area contributed by atoms with Crippen molar-refractivity contribution in [3.05, 3.63) is 70.6 Å². The van der Waals surface area contributed by atoms with Crippen LogP contribution in [0.5, 0.6) is 11.8 Å². The van der Waals surface area contributed by atoms with Crippen molar-refractivity contribution >= 4 is 40.6 Å². The second kappa shape index (κ2) is 11.0. The highest BCUT2D eigenvalue weighted by atomic mass is 16.5. The molecule has 0 bridgehead atoms. The molecular weight excluding hydrogens is 468 g/mol. The summed E-state index contributed by atoms with van der Waals surface area (Å²) in [5.74, 6) is -0.617. The number of nitrogens with one attached hydrogen (secondary N) is 3. The average Bonchev–Trinajstić information content (AvgIpc) is 2.83. The number of anilines is 3. The number of hydrogen-bond acceptors (Lipinski definition) is 10. The number of carbonyl (C=O) groups excluding carboxylic acids is 2. The lowest BCUT2D eigenvalue weighted by molar-refractivity contribution is -0.140. The molecule has 0 saturated heterocycles. The molecule has 0 unspecified atom stereocenters. The van der Waals surface area contributed by atoms with E-state index in [0.717, 1.165) is 11.6 Å². The van der Waals surface area contributed by atoms with Crippen molar-refractivity contribution in [3.8, 4) is 11.8 Å². The Bertz CT molecular complexity index is 1470. The normalized spacial score (nSPS) is 10.5. The van der Waals surface area contributed by atoms with Crippen LogP contribution in [0.25, 0.3) is 11.0 Å². The molecule has 0 atom stereocenters. The van der Waals surface area contributed by atoms with Gasteiger partial charge in [0.2, 0.25) is 11.9 Å². The highest BCUT2D eigenvalue weighted by Crippen LogP contribution is 2.27.